The van der Waals surface area contributed by atoms with Crippen LogP contribution in [0.25, 0.3) is 0 Å². The lowest BCUT2D eigenvalue weighted by Gasteiger charge is -2.22. The Balaban J connectivity index is 3.24. The van der Waals surface area contributed by atoms with Crippen LogP contribution in [0.3, 0.4) is 0 Å². The molecular weight excluding hydrogens is 316 g/mol. The van der Waals surface area contributed by atoms with Crippen LogP contribution in [-0.2, 0) is 0 Å². The van der Waals surface area contributed by atoms with Crippen LogP contribution in [0, 0.1) is 0 Å². The molecule has 20 heavy (non-hydrogen) atoms. The number of halogens is 5. The van der Waals surface area contributed by atoms with E-state index in [1.165, 1.54) is 12.1 Å². The van der Waals surface area contributed by atoms with Gasteiger partial charge in [-0.2, -0.15) is 13.2 Å². The molecule has 1 atom stereocenters. The van der Waals surface area contributed by atoms with Crippen LogP contribution in [0.5, 0.6) is 0 Å². The van der Waals surface area contributed by atoms with Gasteiger partial charge < -0.3 is 10.4 Å². The predicted molar refractivity (Wildman–Crippen MR) is 75.4 cm³/mol. The molecule has 0 fully saturated rings. The summed E-state index contributed by atoms with van der Waals surface area (Å²) in [5.41, 5.74) is -2.75. The van der Waals surface area contributed by atoms with Crippen molar-refractivity contribution in [1.29, 1.82) is 0 Å². The topological polar surface area (TPSA) is 44.6 Å². The Labute approximate surface area is 123 Å². The van der Waals surface area contributed by atoms with Crippen LogP contribution in [0.4, 0.5) is 24.5 Å². The largest absolute Gasteiger partial charge is 0.426 e. The van der Waals surface area contributed by atoms with Crippen molar-refractivity contribution in [2.45, 2.75) is 11.8 Å². The van der Waals surface area contributed by atoms with Crippen LogP contribution in [-0.4, -0.2) is 30.1 Å². The highest BCUT2D eigenvalue weighted by molar-refractivity contribution is 6.42. The highest BCUT2D eigenvalue weighted by Gasteiger charge is 2.50. The number of aliphatic imine (C=N–C) groups is 1. The fourth-order valence-corrected chi connectivity index (χ4v) is 1.57. The third kappa shape index (κ3) is 3.45. The summed E-state index contributed by atoms with van der Waals surface area (Å²) in [4.78, 5) is 3.62. The molecule has 0 amide bonds. The summed E-state index contributed by atoms with van der Waals surface area (Å²) >= 11 is 11.6. The minimum absolute atomic E-state index is 0.103. The molecule has 0 aliphatic heterocycles. The molecule has 8 heteroatoms. The Morgan fingerprint density at radius 3 is 2.30 bits per heavy atom. The molecule has 3 nitrogen and oxygen atoms in total. The van der Waals surface area contributed by atoms with Gasteiger partial charge >= 0.3 is 6.18 Å². The number of anilines is 1. The van der Waals surface area contributed by atoms with Gasteiger partial charge in [-0.25, -0.2) is 0 Å². The zero-order valence-corrected chi connectivity index (χ0v) is 11.8. The first kappa shape index (κ1) is 16.8. The molecule has 0 aliphatic carbocycles. The van der Waals surface area contributed by atoms with Crippen molar-refractivity contribution in [3.63, 3.8) is 0 Å². The lowest BCUT2D eigenvalue weighted by molar-refractivity contribution is -0.210. The van der Waals surface area contributed by atoms with Crippen LogP contribution in [0.1, 0.15) is 0 Å². The van der Waals surface area contributed by atoms with E-state index < -0.39 is 11.8 Å². The molecule has 1 rings (SSSR count). The van der Waals surface area contributed by atoms with Crippen molar-refractivity contribution in [3.8, 4) is 0 Å². The van der Waals surface area contributed by atoms with E-state index in [9.17, 15) is 18.3 Å². The zero-order chi connectivity index (χ0) is 15.6. The van der Waals surface area contributed by atoms with Gasteiger partial charge in [0.15, 0.2) is 0 Å². The molecule has 0 spiro atoms. The van der Waals surface area contributed by atoms with E-state index in [1.54, 1.807) is 7.05 Å². The normalized spacial score (nSPS) is 15.2. The summed E-state index contributed by atoms with van der Waals surface area (Å²) in [7, 11) is 1.54. The summed E-state index contributed by atoms with van der Waals surface area (Å²) in [6, 6.07) is 2.70. The smallest absolute Gasteiger partial charge is 0.386 e. The fraction of sp³-hybridized carbons (Fsp3) is 0.250. The third-order valence-electron chi connectivity index (χ3n) is 2.47. The molecule has 110 valence electrons. The van der Waals surface area contributed by atoms with Crippen LogP contribution >= 0.6 is 23.2 Å². The second-order valence-corrected chi connectivity index (χ2v) is 4.63. The molecule has 0 heterocycles. The first-order valence-corrected chi connectivity index (χ1v) is 6.05. The quantitative estimate of drug-likeness (QED) is 0.642. The number of aliphatic hydroxyl groups is 1. The van der Waals surface area contributed by atoms with Gasteiger partial charge in [0.05, 0.1) is 21.4 Å². The highest BCUT2D eigenvalue weighted by Crippen LogP contribution is 2.35. The molecule has 1 aromatic carbocycles. The van der Waals surface area contributed by atoms with Gasteiger partial charge in [0.25, 0.3) is 0 Å². The summed E-state index contributed by atoms with van der Waals surface area (Å²) in [5, 5.41) is 12.5. The highest BCUT2D eigenvalue weighted by atomic mass is 35.5. The van der Waals surface area contributed by atoms with Gasteiger partial charge in [0.2, 0.25) is 5.60 Å². The second kappa shape index (κ2) is 6.03. The van der Waals surface area contributed by atoms with Crippen LogP contribution < -0.4 is 5.32 Å². The van der Waals surface area contributed by atoms with E-state index in [2.05, 4.69) is 16.9 Å². The predicted octanol–water partition coefficient (Wildman–Crippen LogP) is 4.22. The number of nitrogens with one attached hydrogen (secondary N) is 1. The van der Waals surface area contributed by atoms with E-state index in [0.717, 1.165) is 0 Å². The van der Waals surface area contributed by atoms with Gasteiger partial charge in [-0.05, 0) is 18.2 Å². The molecule has 2 N–H and O–H groups in total. The monoisotopic (exact) mass is 326 g/mol. The maximum atomic E-state index is 12.7. The number of rotatable bonds is 4. The Morgan fingerprint density at radius 1 is 1.30 bits per heavy atom. The first-order chi connectivity index (χ1) is 9.14. The van der Waals surface area contributed by atoms with Gasteiger partial charge in [-0.3, -0.25) is 4.99 Å². The molecule has 0 aliphatic rings. The summed E-state index contributed by atoms with van der Waals surface area (Å²) in [6.07, 6.45) is -4.22. The van der Waals surface area contributed by atoms with E-state index in [0.29, 0.717) is 18.0 Å². The number of alkyl halides is 3. The number of benzene rings is 1. The zero-order valence-electron chi connectivity index (χ0n) is 10.3. The summed E-state index contributed by atoms with van der Waals surface area (Å²) in [6.45, 7) is 2.96. The Bertz CT molecular complexity index is 546. The summed E-state index contributed by atoms with van der Waals surface area (Å²) < 4.78 is 38.0. The second-order valence-electron chi connectivity index (χ2n) is 3.82. The average molecular weight is 327 g/mol. The van der Waals surface area contributed by atoms with Gasteiger partial charge in [0.1, 0.15) is 0 Å². The number of nitrogens with zero attached hydrogens (tertiary/aromatic N) is 1. The van der Waals surface area contributed by atoms with Crippen molar-refractivity contribution in [2.24, 2.45) is 4.99 Å². The molecule has 0 bridgehead atoms. The molecule has 0 aromatic heterocycles. The minimum atomic E-state index is -4.92. The van der Waals surface area contributed by atoms with Crippen molar-refractivity contribution < 1.29 is 18.3 Å². The standard InChI is InChI=1S/C12H11Cl2F3N2O/c1-3-11(20,12(15,16)17)6-19-10-5-8(14)7(13)4-9(10)18-2/h3-6,18,20H,1H2,2H3. The molecule has 0 saturated heterocycles. The Morgan fingerprint density at radius 2 is 1.85 bits per heavy atom. The van der Waals surface area contributed by atoms with Crippen LogP contribution in [0.2, 0.25) is 10.0 Å². The number of hydrogen-bond acceptors (Lipinski definition) is 3. The van der Waals surface area contributed by atoms with Gasteiger partial charge in [-0.1, -0.05) is 29.8 Å². The maximum Gasteiger partial charge on any atom is 0.426 e. The lowest BCUT2D eigenvalue weighted by Crippen LogP contribution is -2.44. The van der Waals surface area contributed by atoms with Crippen LogP contribution in [0.15, 0.2) is 29.8 Å². The lowest BCUT2D eigenvalue weighted by atomic mass is 10.1. The molecule has 1 aromatic rings. The average Bonchev–Trinajstić information content (AvgIpc) is 2.37. The molecular formula is C12H11Cl2F3N2O. The van der Waals surface area contributed by atoms with Crippen molar-refractivity contribution >= 4 is 40.8 Å². The Kier molecular flexibility index (Phi) is 5.07. The maximum absolute atomic E-state index is 12.7. The SMILES string of the molecule is C=CC(O)(C=Nc1cc(Cl)c(Cl)cc1NC)C(F)(F)F. The molecule has 1 unspecified atom stereocenters. The van der Waals surface area contributed by atoms with Crippen molar-refractivity contribution in [3.05, 3.63) is 34.8 Å². The minimum Gasteiger partial charge on any atom is -0.386 e. The first-order valence-electron chi connectivity index (χ1n) is 5.29. The van der Waals surface area contributed by atoms with Gasteiger partial charge in [-0.15, -0.1) is 0 Å². The summed E-state index contributed by atoms with van der Waals surface area (Å²) in [5.74, 6) is 0. The van der Waals surface area contributed by atoms with Crippen molar-refractivity contribution in [2.75, 3.05) is 12.4 Å². The number of hydrogen-bond donors (Lipinski definition) is 2. The molecule has 0 radical (unpaired) electrons. The van der Waals surface area contributed by atoms with E-state index in [-0.39, 0.29) is 15.7 Å². The van der Waals surface area contributed by atoms with Gasteiger partial charge in [0, 0.05) is 13.3 Å². The van der Waals surface area contributed by atoms with Crippen molar-refractivity contribution in [1.82, 2.24) is 0 Å². The third-order valence-corrected chi connectivity index (χ3v) is 3.20. The molecule has 0 saturated carbocycles. The van der Waals surface area contributed by atoms with E-state index in [1.807, 2.05) is 0 Å². The van der Waals surface area contributed by atoms with E-state index in [4.69, 9.17) is 23.2 Å². The fourth-order valence-electron chi connectivity index (χ4n) is 1.25. The Hall–Kier alpha value is -1.24. The van der Waals surface area contributed by atoms with E-state index >= 15 is 0 Å².